The number of nitrogens with zero attached hydrogens (tertiary/aromatic N) is 3. The second kappa shape index (κ2) is 7.31. The molecule has 1 aliphatic rings. The van der Waals surface area contributed by atoms with Gasteiger partial charge in [-0.2, -0.15) is 0 Å². The second-order valence-corrected chi connectivity index (χ2v) is 7.59. The summed E-state index contributed by atoms with van der Waals surface area (Å²) in [5, 5.41) is 8.58. The molecular formula is C18H14Cl2N4OS. The standard InChI is InChI=1S/C18H14Cl2N4OS/c19-12-5-6-13(14(20)9-12)17-21-18(23-22-17)26-10-16(25)24-8-7-11-3-1-2-4-15(11)24/h1-6,9H,7-8,10H2,(H,21,22,23). The van der Waals surface area contributed by atoms with Crippen LogP contribution in [0.4, 0.5) is 5.69 Å². The van der Waals surface area contributed by atoms with Crippen molar-refractivity contribution in [2.45, 2.75) is 11.6 Å². The lowest BCUT2D eigenvalue weighted by molar-refractivity contribution is -0.116. The summed E-state index contributed by atoms with van der Waals surface area (Å²) >= 11 is 13.4. The van der Waals surface area contributed by atoms with E-state index in [-0.39, 0.29) is 11.7 Å². The van der Waals surface area contributed by atoms with Gasteiger partial charge in [0.25, 0.3) is 0 Å². The molecule has 1 amide bonds. The molecule has 26 heavy (non-hydrogen) atoms. The molecule has 5 nitrogen and oxygen atoms in total. The first-order chi connectivity index (χ1) is 12.6. The van der Waals surface area contributed by atoms with Crippen LogP contribution in [0.25, 0.3) is 11.4 Å². The monoisotopic (exact) mass is 404 g/mol. The minimum absolute atomic E-state index is 0.0517. The van der Waals surface area contributed by atoms with E-state index in [0.29, 0.717) is 21.0 Å². The van der Waals surface area contributed by atoms with E-state index in [2.05, 4.69) is 21.2 Å². The van der Waals surface area contributed by atoms with Crippen molar-refractivity contribution in [3.8, 4) is 11.4 Å². The van der Waals surface area contributed by atoms with Crippen molar-refractivity contribution in [3.05, 3.63) is 58.1 Å². The predicted octanol–water partition coefficient (Wildman–Crippen LogP) is 4.46. The molecule has 1 aromatic heterocycles. The topological polar surface area (TPSA) is 61.9 Å². The molecule has 0 aliphatic carbocycles. The van der Waals surface area contributed by atoms with Crippen molar-refractivity contribution < 1.29 is 4.79 Å². The number of halogens is 2. The third-order valence-electron chi connectivity index (χ3n) is 4.16. The number of H-pyrrole nitrogens is 1. The van der Waals surface area contributed by atoms with Gasteiger partial charge in [-0.05, 0) is 36.2 Å². The van der Waals surface area contributed by atoms with Crippen molar-refractivity contribution in [3.63, 3.8) is 0 Å². The Labute approximate surface area is 164 Å². The van der Waals surface area contributed by atoms with Crippen molar-refractivity contribution >= 4 is 46.6 Å². The number of hydrogen-bond acceptors (Lipinski definition) is 4. The lowest BCUT2D eigenvalue weighted by Crippen LogP contribution is -2.30. The first-order valence-electron chi connectivity index (χ1n) is 8.01. The zero-order valence-corrected chi connectivity index (χ0v) is 15.9. The van der Waals surface area contributed by atoms with Gasteiger partial charge in [0.2, 0.25) is 11.1 Å². The van der Waals surface area contributed by atoms with E-state index < -0.39 is 0 Å². The van der Waals surface area contributed by atoms with Crippen LogP contribution in [-0.4, -0.2) is 33.4 Å². The number of hydrogen-bond donors (Lipinski definition) is 1. The summed E-state index contributed by atoms with van der Waals surface area (Å²) in [6, 6.07) is 13.2. The number of anilines is 1. The number of aromatic amines is 1. The molecule has 4 rings (SSSR count). The maximum atomic E-state index is 12.6. The van der Waals surface area contributed by atoms with Gasteiger partial charge in [0.1, 0.15) is 0 Å². The van der Waals surface area contributed by atoms with Crippen LogP contribution in [0.3, 0.4) is 0 Å². The summed E-state index contributed by atoms with van der Waals surface area (Å²) in [6.45, 7) is 0.721. The maximum Gasteiger partial charge on any atom is 0.237 e. The summed E-state index contributed by atoms with van der Waals surface area (Å²) in [7, 11) is 0. The van der Waals surface area contributed by atoms with Crippen molar-refractivity contribution in [1.29, 1.82) is 0 Å². The lowest BCUT2D eigenvalue weighted by atomic mass is 10.2. The number of carbonyl (C=O) groups is 1. The molecule has 0 saturated heterocycles. The molecule has 0 spiro atoms. The number of para-hydroxylation sites is 1. The fraction of sp³-hybridized carbons (Fsp3) is 0.167. The molecular weight excluding hydrogens is 391 g/mol. The number of nitrogens with one attached hydrogen (secondary N) is 1. The number of aromatic nitrogens is 3. The molecule has 0 atom stereocenters. The Bertz CT molecular complexity index is 975. The summed E-state index contributed by atoms with van der Waals surface area (Å²) in [6.07, 6.45) is 0.895. The van der Waals surface area contributed by atoms with Gasteiger partial charge in [-0.1, -0.05) is 53.2 Å². The SMILES string of the molecule is O=C(CSc1n[nH]c(-c2ccc(Cl)cc2Cl)n1)N1CCc2ccccc21. The molecule has 3 aromatic rings. The number of thioether (sulfide) groups is 1. The fourth-order valence-electron chi connectivity index (χ4n) is 2.91. The average Bonchev–Trinajstić information content (AvgIpc) is 3.27. The number of fused-ring (bicyclic) bond motifs is 1. The Morgan fingerprint density at radius 3 is 2.92 bits per heavy atom. The molecule has 1 aliphatic heterocycles. The van der Waals surface area contributed by atoms with E-state index in [0.717, 1.165) is 24.2 Å². The minimum Gasteiger partial charge on any atom is -0.311 e. The van der Waals surface area contributed by atoms with E-state index in [1.54, 1.807) is 18.2 Å². The van der Waals surface area contributed by atoms with Crippen molar-refractivity contribution in [2.75, 3.05) is 17.2 Å². The Morgan fingerprint density at radius 2 is 2.08 bits per heavy atom. The molecule has 0 unspecified atom stereocenters. The number of amides is 1. The quantitative estimate of drug-likeness (QED) is 0.651. The smallest absolute Gasteiger partial charge is 0.237 e. The molecule has 8 heteroatoms. The largest absolute Gasteiger partial charge is 0.311 e. The number of benzene rings is 2. The van der Waals surface area contributed by atoms with Crippen LogP contribution in [0, 0.1) is 0 Å². The zero-order valence-electron chi connectivity index (χ0n) is 13.6. The zero-order chi connectivity index (χ0) is 18.1. The van der Waals surface area contributed by atoms with E-state index in [4.69, 9.17) is 23.2 Å². The highest BCUT2D eigenvalue weighted by atomic mass is 35.5. The van der Waals surface area contributed by atoms with Crippen LogP contribution in [0.5, 0.6) is 0 Å². The molecule has 0 radical (unpaired) electrons. The van der Waals surface area contributed by atoms with Gasteiger partial charge < -0.3 is 4.90 Å². The highest BCUT2D eigenvalue weighted by Gasteiger charge is 2.24. The van der Waals surface area contributed by atoms with E-state index in [1.165, 1.54) is 17.3 Å². The van der Waals surface area contributed by atoms with Crippen LogP contribution < -0.4 is 4.90 Å². The number of carbonyl (C=O) groups excluding carboxylic acids is 1. The van der Waals surface area contributed by atoms with Gasteiger partial charge in [-0.3, -0.25) is 9.89 Å². The van der Waals surface area contributed by atoms with Gasteiger partial charge in [-0.25, -0.2) is 4.98 Å². The minimum atomic E-state index is 0.0517. The molecule has 0 bridgehead atoms. The molecule has 0 fully saturated rings. The first kappa shape index (κ1) is 17.4. The van der Waals surface area contributed by atoms with Gasteiger partial charge in [0.05, 0.1) is 10.8 Å². The summed E-state index contributed by atoms with van der Waals surface area (Å²) in [5.74, 6) is 0.879. The summed E-state index contributed by atoms with van der Waals surface area (Å²) in [4.78, 5) is 18.8. The maximum absolute atomic E-state index is 12.6. The Morgan fingerprint density at radius 1 is 1.23 bits per heavy atom. The predicted molar refractivity (Wildman–Crippen MR) is 105 cm³/mol. The molecule has 2 heterocycles. The van der Waals surface area contributed by atoms with Gasteiger partial charge in [0.15, 0.2) is 5.82 Å². The molecule has 1 N–H and O–H groups in total. The van der Waals surface area contributed by atoms with Crippen LogP contribution in [0.15, 0.2) is 47.6 Å². The van der Waals surface area contributed by atoms with Crippen LogP contribution in [-0.2, 0) is 11.2 Å². The first-order valence-corrected chi connectivity index (χ1v) is 9.75. The highest BCUT2D eigenvalue weighted by molar-refractivity contribution is 7.99. The molecule has 132 valence electrons. The summed E-state index contributed by atoms with van der Waals surface area (Å²) < 4.78 is 0. The molecule has 2 aromatic carbocycles. The fourth-order valence-corrected chi connectivity index (χ4v) is 4.09. The molecule has 0 saturated carbocycles. The van der Waals surface area contributed by atoms with E-state index in [9.17, 15) is 4.79 Å². The normalized spacial score (nSPS) is 13.1. The lowest BCUT2D eigenvalue weighted by Gasteiger charge is -2.16. The van der Waals surface area contributed by atoms with Crippen molar-refractivity contribution in [1.82, 2.24) is 15.2 Å². The van der Waals surface area contributed by atoms with Gasteiger partial charge >= 0.3 is 0 Å². The highest BCUT2D eigenvalue weighted by Crippen LogP contribution is 2.30. The Kier molecular flexibility index (Phi) is 4.89. The van der Waals surface area contributed by atoms with Crippen molar-refractivity contribution in [2.24, 2.45) is 0 Å². The van der Waals surface area contributed by atoms with Gasteiger partial charge in [-0.15, -0.1) is 5.10 Å². The van der Waals surface area contributed by atoms with Crippen LogP contribution >= 0.6 is 35.0 Å². The van der Waals surface area contributed by atoms with E-state index >= 15 is 0 Å². The summed E-state index contributed by atoms with van der Waals surface area (Å²) in [5.41, 5.74) is 2.93. The third kappa shape index (κ3) is 3.45. The van der Waals surface area contributed by atoms with Crippen LogP contribution in [0.2, 0.25) is 10.0 Å². The number of rotatable bonds is 4. The average molecular weight is 405 g/mol. The third-order valence-corrected chi connectivity index (χ3v) is 5.54. The Balaban J connectivity index is 1.43. The van der Waals surface area contributed by atoms with E-state index in [1.807, 2.05) is 23.1 Å². The second-order valence-electron chi connectivity index (χ2n) is 5.80. The van der Waals surface area contributed by atoms with Gasteiger partial charge in [0, 0.05) is 22.8 Å². The van der Waals surface area contributed by atoms with Crippen LogP contribution in [0.1, 0.15) is 5.56 Å². The Hall–Kier alpha value is -2.02.